The zero-order valence-electron chi connectivity index (χ0n) is 13.6. The van der Waals surface area contributed by atoms with Crippen molar-refractivity contribution in [2.24, 2.45) is 0 Å². The van der Waals surface area contributed by atoms with Crippen molar-refractivity contribution in [2.75, 3.05) is 6.61 Å². The number of benzene rings is 3. The lowest BCUT2D eigenvalue weighted by atomic mass is 9.96. The third-order valence-corrected chi connectivity index (χ3v) is 3.77. The molecule has 0 aliphatic heterocycles. The highest BCUT2D eigenvalue weighted by molar-refractivity contribution is 5.80. The van der Waals surface area contributed by atoms with Gasteiger partial charge in [0.2, 0.25) is 0 Å². The lowest BCUT2D eigenvalue weighted by molar-refractivity contribution is 0.343. The van der Waals surface area contributed by atoms with Crippen molar-refractivity contribution in [3.8, 4) is 11.8 Å². The van der Waals surface area contributed by atoms with Gasteiger partial charge in [-0.05, 0) is 53.1 Å². The maximum Gasteiger partial charge on any atom is 0.123 e. The highest BCUT2D eigenvalue weighted by Crippen LogP contribution is 2.24. The first kappa shape index (κ1) is 16.7. The third kappa shape index (κ3) is 4.44. The molecule has 0 fully saturated rings. The Balaban J connectivity index is 1.86. The molecule has 0 radical (unpaired) electrons. The second kappa shape index (κ2) is 8.10. The first-order valence-corrected chi connectivity index (χ1v) is 8.01. The second-order valence-corrected chi connectivity index (χ2v) is 5.50. The predicted octanol–water partition coefficient (Wildman–Crippen LogP) is 4.65. The maximum absolute atomic E-state index is 13.1. The Morgan fingerprint density at radius 1 is 0.760 bits per heavy atom. The van der Waals surface area contributed by atoms with E-state index in [0.717, 1.165) is 27.8 Å². The molecule has 0 heterocycles. The van der Waals surface area contributed by atoms with Gasteiger partial charge in [-0.3, -0.25) is 0 Å². The molecule has 122 valence electrons. The average molecular weight is 328 g/mol. The SMILES string of the molecule is OC/C=C(/c1ccc(F)cc1)c1ccc(C#Cc2ccccc2)cc1. The van der Waals surface area contributed by atoms with Crippen LogP contribution in [0.2, 0.25) is 0 Å². The van der Waals surface area contributed by atoms with Gasteiger partial charge in [0.15, 0.2) is 0 Å². The Hall–Kier alpha value is -3.15. The summed E-state index contributed by atoms with van der Waals surface area (Å²) in [6.07, 6.45) is 1.72. The molecule has 0 aliphatic rings. The van der Waals surface area contributed by atoms with Crippen molar-refractivity contribution in [3.63, 3.8) is 0 Å². The van der Waals surface area contributed by atoms with E-state index in [2.05, 4.69) is 11.8 Å². The quantitative estimate of drug-likeness (QED) is 0.694. The number of halogens is 1. The van der Waals surface area contributed by atoms with Crippen molar-refractivity contribution < 1.29 is 9.50 Å². The van der Waals surface area contributed by atoms with Gasteiger partial charge in [0.25, 0.3) is 0 Å². The second-order valence-electron chi connectivity index (χ2n) is 5.50. The summed E-state index contributed by atoms with van der Waals surface area (Å²) in [6, 6.07) is 23.9. The summed E-state index contributed by atoms with van der Waals surface area (Å²) in [6.45, 7) is -0.0811. The van der Waals surface area contributed by atoms with Crippen molar-refractivity contribution in [2.45, 2.75) is 0 Å². The van der Waals surface area contributed by atoms with Gasteiger partial charge in [-0.25, -0.2) is 4.39 Å². The van der Waals surface area contributed by atoms with Crippen LogP contribution in [0.1, 0.15) is 22.3 Å². The van der Waals surface area contributed by atoms with E-state index in [-0.39, 0.29) is 12.4 Å². The zero-order valence-corrected chi connectivity index (χ0v) is 13.6. The molecule has 3 rings (SSSR count). The molecule has 25 heavy (non-hydrogen) atoms. The van der Waals surface area contributed by atoms with E-state index in [1.165, 1.54) is 12.1 Å². The highest BCUT2D eigenvalue weighted by Gasteiger charge is 2.05. The number of hydrogen-bond donors (Lipinski definition) is 1. The van der Waals surface area contributed by atoms with Crippen LogP contribution in [0.15, 0.2) is 84.9 Å². The first-order valence-electron chi connectivity index (χ1n) is 8.01. The summed E-state index contributed by atoms with van der Waals surface area (Å²) >= 11 is 0. The number of rotatable bonds is 3. The lowest BCUT2D eigenvalue weighted by Gasteiger charge is -2.08. The minimum atomic E-state index is -0.279. The van der Waals surface area contributed by atoms with Crippen molar-refractivity contribution in [3.05, 3.63) is 113 Å². The molecule has 0 atom stereocenters. The van der Waals surface area contributed by atoms with E-state index in [1.807, 2.05) is 54.6 Å². The largest absolute Gasteiger partial charge is 0.392 e. The van der Waals surface area contributed by atoms with Crippen molar-refractivity contribution in [1.29, 1.82) is 0 Å². The van der Waals surface area contributed by atoms with E-state index in [1.54, 1.807) is 18.2 Å². The smallest absolute Gasteiger partial charge is 0.123 e. The monoisotopic (exact) mass is 328 g/mol. The molecule has 0 bridgehead atoms. The third-order valence-electron chi connectivity index (χ3n) is 3.77. The molecular formula is C23H17FO. The van der Waals surface area contributed by atoms with Gasteiger partial charge in [-0.15, -0.1) is 0 Å². The molecule has 0 aliphatic carbocycles. The standard InChI is InChI=1S/C23H17FO/c24-22-14-12-21(13-15-22)23(16-17-25)20-10-8-19(9-11-20)7-6-18-4-2-1-3-5-18/h1-5,8-16,25H,17H2/b23-16+. The first-order chi connectivity index (χ1) is 12.3. The van der Waals surface area contributed by atoms with E-state index in [0.29, 0.717) is 0 Å². The van der Waals surface area contributed by atoms with Gasteiger partial charge >= 0.3 is 0 Å². The van der Waals surface area contributed by atoms with E-state index < -0.39 is 0 Å². The van der Waals surface area contributed by atoms with Gasteiger partial charge in [0.1, 0.15) is 5.82 Å². The Labute approximate surface area is 147 Å². The Kier molecular flexibility index (Phi) is 5.41. The molecule has 3 aromatic rings. The molecule has 0 saturated carbocycles. The van der Waals surface area contributed by atoms with Crippen LogP contribution >= 0.6 is 0 Å². The summed E-state index contributed by atoms with van der Waals surface area (Å²) in [5.74, 6) is 5.99. The fourth-order valence-corrected chi connectivity index (χ4v) is 2.52. The summed E-state index contributed by atoms with van der Waals surface area (Å²) in [5, 5.41) is 9.31. The normalized spacial score (nSPS) is 10.9. The van der Waals surface area contributed by atoms with Gasteiger partial charge in [-0.2, -0.15) is 0 Å². The van der Waals surface area contributed by atoms with Crippen molar-refractivity contribution in [1.82, 2.24) is 0 Å². The summed E-state index contributed by atoms with van der Waals surface area (Å²) in [4.78, 5) is 0. The molecule has 0 spiro atoms. The molecule has 2 heteroatoms. The van der Waals surface area contributed by atoms with Gasteiger partial charge in [0.05, 0.1) is 6.61 Å². The summed E-state index contributed by atoms with van der Waals surface area (Å²) < 4.78 is 13.1. The van der Waals surface area contributed by atoms with Crippen LogP contribution in [0.4, 0.5) is 4.39 Å². The Morgan fingerprint density at radius 2 is 1.28 bits per heavy atom. The molecule has 0 unspecified atom stereocenters. The van der Waals surface area contributed by atoms with E-state index in [9.17, 15) is 9.50 Å². The van der Waals surface area contributed by atoms with Crippen LogP contribution < -0.4 is 0 Å². The van der Waals surface area contributed by atoms with E-state index in [4.69, 9.17) is 0 Å². The van der Waals surface area contributed by atoms with E-state index >= 15 is 0 Å². The van der Waals surface area contributed by atoms with Crippen LogP contribution in [-0.2, 0) is 0 Å². The number of hydrogen-bond acceptors (Lipinski definition) is 1. The van der Waals surface area contributed by atoms with Crippen LogP contribution in [-0.4, -0.2) is 11.7 Å². The van der Waals surface area contributed by atoms with Gasteiger partial charge in [-0.1, -0.05) is 60.4 Å². The minimum Gasteiger partial charge on any atom is -0.392 e. The number of aliphatic hydroxyl groups excluding tert-OH is 1. The summed E-state index contributed by atoms with van der Waals surface area (Å²) in [5.41, 5.74) is 4.56. The average Bonchev–Trinajstić information content (AvgIpc) is 2.67. The predicted molar refractivity (Wildman–Crippen MR) is 99.4 cm³/mol. The molecule has 1 nitrogen and oxygen atoms in total. The Morgan fingerprint density at radius 3 is 1.84 bits per heavy atom. The molecule has 0 aromatic heterocycles. The van der Waals surface area contributed by atoms with Gasteiger partial charge < -0.3 is 5.11 Å². The molecule has 1 N–H and O–H groups in total. The molecule has 0 saturated heterocycles. The fourth-order valence-electron chi connectivity index (χ4n) is 2.52. The van der Waals surface area contributed by atoms with Crippen molar-refractivity contribution >= 4 is 5.57 Å². The van der Waals surface area contributed by atoms with Crippen LogP contribution in [0.25, 0.3) is 5.57 Å². The van der Waals surface area contributed by atoms with Gasteiger partial charge in [0, 0.05) is 11.1 Å². The van der Waals surface area contributed by atoms with Crippen LogP contribution in [0, 0.1) is 17.7 Å². The fraction of sp³-hybridized carbons (Fsp3) is 0.0435. The zero-order chi connectivity index (χ0) is 17.5. The highest BCUT2D eigenvalue weighted by atomic mass is 19.1. The minimum absolute atomic E-state index is 0.0811. The Bertz CT molecular complexity index is 912. The summed E-state index contributed by atoms with van der Waals surface area (Å²) in [7, 11) is 0. The molecule has 3 aromatic carbocycles. The molecule has 0 amide bonds. The topological polar surface area (TPSA) is 20.2 Å². The molecular weight excluding hydrogens is 311 g/mol. The maximum atomic E-state index is 13.1. The lowest BCUT2D eigenvalue weighted by Crippen LogP contribution is -1.91. The van der Waals surface area contributed by atoms with Crippen LogP contribution in [0.3, 0.4) is 0 Å². The van der Waals surface area contributed by atoms with Crippen LogP contribution in [0.5, 0.6) is 0 Å². The number of aliphatic hydroxyl groups is 1.